The quantitative estimate of drug-likeness (QED) is 0.816. The summed E-state index contributed by atoms with van der Waals surface area (Å²) in [6.45, 7) is 7.42. The van der Waals surface area contributed by atoms with E-state index in [1.165, 1.54) is 0 Å². The molecule has 0 radical (unpaired) electrons. The van der Waals surface area contributed by atoms with Crippen LogP contribution in [0.2, 0.25) is 0 Å². The first-order valence-corrected chi connectivity index (χ1v) is 7.25. The minimum absolute atomic E-state index is 0.00754. The minimum atomic E-state index is -0.435. The highest BCUT2D eigenvalue weighted by atomic mass is 16.7. The largest absolute Gasteiger partial charge is 0.347 e. The third-order valence-corrected chi connectivity index (χ3v) is 4.13. The van der Waals surface area contributed by atoms with Gasteiger partial charge < -0.3 is 14.4 Å². The number of nitrogens with zero attached hydrogens (tertiary/aromatic N) is 3. The maximum absolute atomic E-state index is 12.5. The summed E-state index contributed by atoms with van der Waals surface area (Å²) in [7, 11) is 0. The fourth-order valence-corrected chi connectivity index (χ4v) is 2.93. The fourth-order valence-electron chi connectivity index (χ4n) is 2.93. The molecule has 1 aromatic heterocycles. The summed E-state index contributed by atoms with van der Waals surface area (Å²) in [5.74, 6) is -0.428. The van der Waals surface area contributed by atoms with Crippen molar-refractivity contribution >= 4 is 5.91 Å². The lowest BCUT2D eigenvalue weighted by molar-refractivity contribution is -0.181. The van der Waals surface area contributed by atoms with Gasteiger partial charge in [-0.1, -0.05) is 0 Å². The van der Waals surface area contributed by atoms with Gasteiger partial charge in [0.2, 0.25) is 0 Å². The van der Waals surface area contributed by atoms with Gasteiger partial charge in [-0.05, 0) is 19.9 Å². The van der Waals surface area contributed by atoms with Crippen molar-refractivity contribution in [1.29, 1.82) is 0 Å². The summed E-state index contributed by atoms with van der Waals surface area (Å²) >= 11 is 0. The second-order valence-electron chi connectivity index (χ2n) is 5.39. The van der Waals surface area contributed by atoms with Crippen molar-refractivity contribution in [3.05, 3.63) is 17.5 Å². The van der Waals surface area contributed by atoms with Gasteiger partial charge in [-0.25, -0.2) is 0 Å². The Hall–Kier alpha value is -1.40. The topological polar surface area (TPSA) is 56.6 Å². The molecule has 110 valence electrons. The van der Waals surface area contributed by atoms with E-state index in [1.54, 1.807) is 0 Å². The Labute approximate surface area is 118 Å². The molecule has 0 N–H and O–H groups in total. The number of rotatable bonds is 2. The van der Waals surface area contributed by atoms with Crippen LogP contribution in [0.5, 0.6) is 0 Å². The van der Waals surface area contributed by atoms with Gasteiger partial charge in [0.25, 0.3) is 5.91 Å². The van der Waals surface area contributed by atoms with Crippen molar-refractivity contribution in [2.45, 2.75) is 39.0 Å². The molecule has 6 heteroatoms. The molecular weight excluding hydrogens is 258 g/mol. The van der Waals surface area contributed by atoms with Gasteiger partial charge in [0.05, 0.1) is 13.2 Å². The van der Waals surface area contributed by atoms with E-state index in [4.69, 9.17) is 9.47 Å². The number of piperidine rings is 1. The Balaban J connectivity index is 1.66. The zero-order valence-corrected chi connectivity index (χ0v) is 12.1. The smallest absolute Gasteiger partial charge is 0.274 e. The Morgan fingerprint density at radius 2 is 2.00 bits per heavy atom. The summed E-state index contributed by atoms with van der Waals surface area (Å²) in [4.78, 5) is 14.3. The summed E-state index contributed by atoms with van der Waals surface area (Å²) in [6, 6.07) is 1.86. The number of hydrogen-bond acceptors (Lipinski definition) is 4. The number of hydrogen-bond donors (Lipinski definition) is 0. The predicted molar refractivity (Wildman–Crippen MR) is 72.4 cm³/mol. The molecule has 1 amide bonds. The van der Waals surface area contributed by atoms with Crippen LogP contribution < -0.4 is 0 Å². The second-order valence-corrected chi connectivity index (χ2v) is 5.39. The Bertz CT molecular complexity index is 496. The third kappa shape index (κ3) is 2.33. The van der Waals surface area contributed by atoms with Crippen LogP contribution in [0.3, 0.4) is 0 Å². The van der Waals surface area contributed by atoms with Gasteiger partial charge in [0.1, 0.15) is 0 Å². The van der Waals surface area contributed by atoms with Gasteiger partial charge in [-0.2, -0.15) is 5.10 Å². The first kappa shape index (κ1) is 13.6. The van der Waals surface area contributed by atoms with Gasteiger partial charge in [0, 0.05) is 38.2 Å². The standard InChI is InChI=1S/C14H21N3O3/c1-3-17-11(2)10-12(15-17)13(18)16-6-4-14(5-7-16)19-8-9-20-14/h10H,3-9H2,1-2H3. The number of likely N-dealkylation sites (tertiary alicyclic amines) is 1. The van der Waals surface area contributed by atoms with E-state index in [2.05, 4.69) is 5.10 Å². The number of carbonyl (C=O) groups excluding carboxylic acids is 1. The second kappa shape index (κ2) is 5.18. The lowest BCUT2D eigenvalue weighted by Crippen LogP contribution is -2.47. The van der Waals surface area contributed by atoms with Crippen molar-refractivity contribution in [3.63, 3.8) is 0 Å². The maximum Gasteiger partial charge on any atom is 0.274 e. The van der Waals surface area contributed by atoms with Crippen LogP contribution in [0.4, 0.5) is 0 Å². The number of aromatic nitrogens is 2. The van der Waals surface area contributed by atoms with Crippen LogP contribution >= 0.6 is 0 Å². The summed E-state index contributed by atoms with van der Waals surface area (Å²) in [5.41, 5.74) is 1.56. The van der Waals surface area contributed by atoms with E-state index in [1.807, 2.05) is 29.5 Å². The predicted octanol–water partition coefficient (Wildman–Crippen LogP) is 1.19. The zero-order valence-electron chi connectivity index (χ0n) is 12.1. The van der Waals surface area contributed by atoms with Crippen molar-refractivity contribution in [1.82, 2.24) is 14.7 Å². The van der Waals surface area contributed by atoms with Crippen LogP contribution in [0.15, 0.2) is 6.07 Å². The highest BCUT2D eigenvalue weighted by molar-refractivity contribution is 5.92. The van der Waals surface area contributed by atoms with E-state index in [-0.39, 0.29) is 5.91 Å². The van der Waals surface area contributed by atoms with E-state index < -0.39 is 5.79 Å². The highest BCUT2D eigenvalue weighted by Crippen LogP contribution is 2.31. The van der Waals surface area contributed by atoms with Crippen LogP contribution in [-0.2, 0) is 16.0 Å². The average molecular weight is 279 g/mol. The number of ether oxygens (including phenoxy) is 2. The fraction of sp³-hybridized carbons (Fsp3) is 0.714. The number of aryl methyl sites for hydroxylation is 2. The van der Waals surface area contributed by atoms with E-state index in [9.17, 15) is 4.79 Å². The third-order valence-electron chi connectivity index (χ3n) is 4.13. The maximum atomic E-state index is 12.5. The van der Waals surface area contributed by atoms with Gasteiger partial charge in [-0.15, -0.1) is 0 Å². The van der Waals surface area contributed by atoms with E-state index in [0.29, 0.717) is 32.0 Å². The Morgan fingerprint density at radius 1 is 1.35 bits per heavy atom. The van der Waals surface area contributed by atoms with Crippen molar-refractivity contribution in [2.24, 2.45) is 0 Å². The van der Waals surface area contributed by atoms with Gasteiger partial charge in [0.15, 0.2) is 11.5 Å². The molecule has 3 heterocycles. The molecular formula is C14H21N3O3. The van der Waals surface area contributed by atoms with E-state index in [0.717, 1.165) is 25.1 Å². The van der Waals surface area contributed by atoms with E-state index >= 15 is 0 Å². The lowest BCUT2D eigenvalue weighted by Gasteiger charge is -2.37. The lowest BCUT2D eigenvalue weighted by atomic mass is 10.0. The molecule has 0 aliphatic carbocycles. The molecule has 0 saturated carbocycles. The Morgan fingerprint density at radius 3 is 2.55 bits per heavy atom. The normalized spacial score (nSPS) is 21.6. The molecule has 0 bridgehead atoms. The molecule has 0 unspecified atom stereocenters. The van der Waals surface area contributed by atoms with Crippen LogP contribution in [0.1, 0.15) is 35.9 Å². The SMILES string of the molecule is CCn1nc(C(=O)N2CCC3(CC2)OCCO3)cc1C. The van der Waals surface area contributed by atoms with Gasteiger partial charge in [-0.3, -0.25) is 9.48 Å². The molecule has 2 aliphatic heterocycles. The number of amides is 1. The molecule has 2 fully saturated rings. The van der Waals surface area contributed by atoms with Crippen molar-refractivity contribution < 1.29 is 14.3 Å². The first-order valence-electron chi connectivity index (χ1n) is 7.25. The van der Waals surface area contributed by atoms with Gasteiger partial charge >= 0.3 is 0 Å². The average Bonchev–Trinajstić information content (AvgIpc) is 3.06. The first-order chi connectivity index (χ1) is 9.63. The molecule has 3 rings (SSSR count). The van der Waals surface area contributed by atoms with Crippen molar-refractivity contribution in [2.75, 3.05) is 26.3 Å². The zero-order chi connectivity index (χ0) is 14.2. The summed E-state index contributed by atoms with van der Waals surface area (Å²) < 4.78 is 13.2. The molecule has 1 aromatic rings. The molecule has 20 heavy (non-hydrogen) atoms. The molecule has 6 nitrogen and oxygen atoms in total. The number of carbonyl (C=O) groups is 1. The molecule has 2 saturated heterocycles. The molecule has 0 aromatic carbocycles. The highest BCUT2D eigenvalue weighted by Gasteiger charge is 2.41. The Kier molecular flexibility index (Phi) is 3.52. The summed E-state index contributed by atoms with van der Waals surface area (Å²) in [6.07, 6.45) is 1.48. The minimum Gasteiger partial charge on any atom is -0.347 e. The van der Waals surface area contributed by atoms with Crippen molar-refractivity contribution in [3.8, 4) is 0 Å². The summed E-state index contributed by atoms with van der Waals surface area (Å²) in [5, 5.41) is 4.36. The molecule has 2 aliphatic rings. The monoisotopic (exact) mass is 279 g/mol. The molecule has 0 atom stereocenters. The van der Waals surface area contributed by atoms with Crippen LogP contribution in [0, 0.1) is 6.92 Å². The van der Waals surface area contributed by atoms with Crippen LogP contribution in [0.25, 0.3) is 0 Å². The molecule has 1 spiro atoms. The van der Waals surface area contributed by atoms with Crippen LogP contribution in [-0.4, -0.2) is 52.7 Å².